The molecular weight excluding hydrogens is 250 g/mol. The molecule has 0 aliphatic carbocycles. The highest BCUT2D eigenvalue weighted by atomic mass is 32.2. The summed E-state index contributed by atoms with van der Waals surface area (Å²) in [5.74, 6) is 0. The third-order valence-electron chi connectivity index (χ3n) is 3.32. The van der Waals surface area contributed by atoms with Crippen molar-refractivity contribution in [2.24, 2.45) is 10.6 Å². The lowest BCUT2D eigenvalue weighted by molar-refractivity contribution is 0.0764. The fraction of sp³-hybridized carbons (Fsp3) is 1.00. The van der Waals surface area contributed by atoms with Crippen LogP contribution in [-0.4, -0.2) is 42.9 Å². The van der Waals surface area contributed by atoms with Crippen molar-refractivity contribution < 1.29 is 8.42 Å². The molecule has 5 nitrogen and oxygen atoms in total. The van der Waals surface area contributed by atoms with Gasteiger partial charge in [0.2, 0.25) is 0 Å². The Morgan fingerprint density at radius 1 is 1.11 bits per heavy atom. The van der Waals surface area contributed by atoms with Gasteiger partial charge in [0.1, 0.15) is 0 Å². The van der Waals surface area contributed by atoms with Crippen molar-refractivity contribution in [3.05, 3.63) is 0 Å². The second-order valence-corrected chi connectivity index (χ2v) is 8.48. The zero-order chi connectivity index (χ0) is 14.9. The van der Waals surface area contributed by atoms with Gasteiger partial charge in [0, 0.05) is 11.6 Å². The first-order chi connectivity index (χ1) is 7.67. The lowest BCUT2D eigenvalue weighted by Crippen LogP contribution is -2.55. The molecule has 6 heteroatoms. The molecule has 0 radical (unpaired) electrons. The summed E-state index contributed by atoms with van der Waals surface area (Å²) in [7, 11) is -1.79. The number of nitrogens with zero attached hydrogens (tertiary/aromatic N) is 2. The van der Waals surface area contributed by atoms with Crippen LogP contribution in [0.25, 0.3) is 0 Å². The van der Waals surface area contributed by atoms with Gasteiger partial charge in [0.15, 0.2) is 0 Å². The van der Waals surface area contributed by atoms with Crippen LogP contribution < -0.4 is 5.14 Å². The van der Waals surface area contributed by atoms with E-state index < -0.39 is 15.7 Å². The summed E-state index contributed by atoms with van der Waals surface area (Å²) in [6, 6.07) is 0.240. The van der Waals surface area contributed by atoms with Crippen LogP contribution in [0.1, 0.15) is 48.5 Å². The Labute approximate surface area is 113 Å². The molecular formula is C12H29N3O2S. The molecule has 0 fully saturated rings. The first-order valence-corrected chi connectivity index (χ1v) is 7.68. The molecule has 0 saturated carbocycles. The van der Waals surface area contributed by atoms with E-state index in [2.05, 4.69) is 27.7 Å². The Kier molecular flexibility index (Phi) is 5.39. The van der Waals surface area contributed by atoms with Crippen molar-refractivity contribution >= 4 is 10.2 Å². The Morgan fingerprint density at radius 3 is 1.72 bits per heavy atom. The van der Waals surface area contributed by atoms with Crippen LogP contribution in [-0.2, 0) is 10.2 Å². The molecule has 2 N–H and O–H groups in total. The second-order valence-electron chi connectivity index (χ2n) is 7.00. The molecule has 0 heterocycles. The van der Waals surface area contributed by atoms with Gasteiger partial charge in [-0.15, -0.1) is 0 Å². The summed E-state index contributed by atoms with van der Waals surface area (Å²) < 4.78 is 24.6. The predicted molar refractivity (Wildman–Crippen MR) is 76.2 cm³/mol. The minimum atomic E-state index is -3.71. The summed E-state index contributed by atoms with van der Waals surface area (Å²) in [5, 5.41) is 5.29. The van der Waals surface area contributed by atoms with E-state index in [1.54, 1.807) is 0 Å². The van der Waals surface area contributed by atoms with Crippen molar-refractivity contribution in [3.63, 3.8) is 0 Å². The van der Waals surface area contributed by atoms with Gasteiger partial charge in [0.05, 0.1) is 6.67 Å². The monoisotopic (exact) mass is 279 g/mol. The van der Waals surface area contributed by atoms with Gasteiger partial charge < -0.3 is 0 Å². The SMILES string of the molecule is CC(N(C)CN(C(C)(C)C)S(N)(=O)=O)C(C)(C)C. The maximum atomic E-state index is 11.7. The fourth-order valence-corrected chi connectivity index (χ4v) is 2.77. The average molecular weight is 279 g/mol. The van der Waals surface area contributed by atoms with Gasteiger partial charge in [-0.1, -0.05) is 20.8 Å². The number of nitrogens with two attached hydrogens (primary N) is 1. The van der Waals surface area contributed by atoms with Crippen LogP contribution in [0.5, 0.6) is 0 Å². The van der Waals surface area contributed by atoms with Crippen LogP contribution in [0.3, 0.4) is 0 Å². The summed E-state index contributed by atoms with van der Waals surface area (Å²) in [5.41, 5.74) is -0.448. The molecule has 0 aromatic heterocycles. The summed E-state index contributed by atoms with van der Waals surface area (Å²) >= 11 is 0. The lowest BCUT2D eigenvalue weighted by atomic mass is 9.87. The van der Waals surface area contributed by atoms with E-state index in [4.69, 9.17) is 5.14 Å². The largest absolute Gasteiger partial charge is 0.289 e. The van der Waals surface area contributed by atoms with E-state index in [1.807, 2.05) is 32.7 Å². The van der Waals surface area contributed by atoms with E-state index in [0.717, 1.165) is 0 Å². The van der Waals surface area contributed by atoms with Crippen LogP contribution in [0.2, 0.25) is 0 Å². The zero-order valence-electron chi connectivity index (χ0n) is 13.0. The highest BCUT2D eigenvalue weighted by molar-refractivity contribution is 7.86. The van der Waals surface area contributed by atoms with Crippen molar-refractivity contribution in [1.82, 2.24) is 9.21 Å². The number of hydrogen-bond acceptors (Lipinski definition) is 3. The third kappa shape index (κ3) is 5.22. The normalized spacial score (nSPS) is 16.4. The van der Waals surface area contributed by atoms with E-state index in [-0.39, 0.29) is 11.5 Å². The van der Waals surface area contributed by atoms with Gasteiger partial charge in [-0.3, -0.25) is 4.90 Å². The average Bonchev–Trinajstić information content (AvgIpc) is 2.07. The fourth-order valence-electron chi connectivity index (χ4n) is 1.66. The van der Waals surface area contributed by atoms with Crippen LogP contribution in [0.4, 0.5) is 0 Å². The van der Waals surface area contributed by atoms with Gasteiger partial charge in [-0.2, -0.15) is 12.7 Å². The number of hydrogen-bond donors (Lipinski definition) is 1. The topological polar surface area (TPSA) is 66.6 Å². The summed E-state index contributed by atoms with van der Waals surface area (Å²) in [6.45, 7) is 14.3. The van der Waals surface area contributed by atoms with Crippen LogP contribution >= 0.6 is 0 Å². The smallest absolute Gasteiger partial charge is 0.278 e. The molecule has 1 atom stereocenters. The molecule has 1 unspecified atom stereocenters. The molecule has 0 aromatic rings. The molecule has 0 aromatic carbocycles. The van der Waals surface area contributed by atoms with Crippen LogP contribution in [0.15, 0.2) is 0 Å². The Hall–Kier alpha value is -0.170. The minimum absolute atomic E-state index is 0.0800. The van der Waals surface area contributed by atoms with E-state index >= 15 is 0 Å². The van der Waals surface area contributed by atoms with E-state index in [0.29, 0.717) is 6.67 Å². The van der Waals surface area contributed by atoms with Crippen molar-refractivity contribution in [1.29, 1.82) is 0 Å². The maximum Gasteiger partial charge on any atom is 0.278 e. The Balaban J connectivity index is 5.05. The highest BCUT2D eigenvalue weighted by Crippen LogP contribution is 2.25. The summed E-state index contributed by atoms with van der Waals surface area (Å²) in [6.07, 6.45) is 0. The Bertz CT molecular complexity index is 366. The van der Waals surface area contributed by atoms with E-state index in [1.165, 1.54) is 4.31 Å². The van der Waals surface area contributed by atoms with Gasteiger partial charge >= 0.3 is 0 Å². The molecule has 0 rings (SSSR count). The Morgan fingerprint density at radius 2 is 1.50 bits per heavy atom. The van der Waals surface area contributed by atoms with E-state index in [9.17, 15) is 8.42 Å². The van der Waals surface area contributed by atoms with Gasteiger partial charge in [-0.05, 0) is 40.2 Å². The molecule has 110 valence electrons. The first kappa shape index (κ1) is 17.8. The van der Waals surface area contributed by atoms with Crippen LogP contribution in [0, 0.1) is 5.41 Å². The molecule has 0 bridgehead atoms. The molecule has 18 heavy (non-hydrogen) atoms. The second kappa shape index (κ2) is 5.45. The number of rotatable bonds is 4. The maximum absolute atomic E-state index is 11.7. The third-order valence-corrected chi connectivity index (χ3v) is 4.60. The van der Waals surface area contributed by atoms with Gasteiger partial charge in [0.25, 0.3) is 10.2 Å². The molecule has 0 aliphatic heterocycles. The first-order valence-electron chi connectivity index (χ1n) is 6.18. The summed E-state index contributed by atoms with van der Waals surface area (Å²) in [4.78, 5) is 2.01. The molecule has 0 spiro atoms. The lowest BCUT2D eigenvalue weighted by Gasteiger charge is -2.41. The van der Waals surface area contributed by atoms with Crippen molar-refractivity contribution in [2.75, 3.05) is 13.7 Å². The molecule has 0 aliphatic rings. The minimum Gasteiger partial charge on any atom is -0.289 e. The predicted octanol–water partition coefficient (Wildman–Crippen LogP) is 1.61. The van der Waals surface area contributed by atoms with Crippen molar-refractivity contribution in [2.45, 2.75) is 60.0 Å². The van der Waals surface area contributed by atoms with Gasteiger partial charge in [-0.25, -0.2) is 5.14 Å². The van der Waals surface area contributed by atoms with Crippen molar-refractivity contribution in [3.8, 4) is 0 Å². The standard InChI is InChI=1S/C12H29N3O2S/c1-10(11(2,3)4)14(8)9-15(12(5,6)7)18(13,16)17/h10H,9H2,1-8H3,(H2,13,16,17). The molecule has 0 amide bonds. The molecule has 0 saturated heterocycles. The quantitative estimate of drug-likeness (QED) is 0.795. The zero-order valence-corrected chi connectivity index (χ0v) is 13.8. The highest BCUT2D eigenvalue weighted by Gasteiger charge is 2.33.